The van der Waals surface area contributed by atoms with Crippen LogP contribution in [0.25, 0.3) is 10.8 Å². The molecular weight excluding hydrogens is 258 g/mol. The second-order valence-corrected chi connectivity index (χ2v) is 3.61. The molecule has 0 nitrogen and oxygen atoms in total. The third-order valence-corrected chi connectivity index (χ3v) is 2.43. The molecule has 18 heavy (non-hydrogen) atoms. The molecule has 0 bridgehead atoms. The van der Waals surface area contributed by atoms with Crippen molar-refractivity contribution in [3.63, 3.8) is 0 Å². The second-order valence-electron chi connectivity index (χ2n) is 3.61. The molecule has 0 fully saturated rings. The number of halogens is 6. The van der Waals surface area contributed by atoms with Crippen LogP contribution in [0.4, 0.5) is 26.3 Å². The molecule has 1 radical (unpaired) electrons. The van der Waals surface area contributed by atoms with Crippen LogP contribution in [0.2, 0.25) is 0 Å². The van der Waals surface area contributed by atoms with Gasteiger partial charge in [0, 0.05) is 0 Å². The smallest absolute Gasteiger partial charge is 0.166 e. The molecule has 0 amide bonds. The number of hydrogen-bond donors (Lipinski definition) is 0. The Morgan fingerprint density at radius 3 is 2.06 bits per heavy atom. The van der Waals surface area contributed by atoms with Crippen LogP contribution >= 0.6 is 0 Å². The molecular formula is C12H5F6. The third-order valence-electron chi connectivity index (χ3n) is 2.43. The minimum absolute atomic E-state index is 0.00201. The van der Waals surface area contributed by atoms with Gasteiger partial charge in [-0.15, -0.1) is 0 Å². The largest absolute Gasteiger partial charge is 0.417 e. The Morgan fingerprint density at radius 1 is 0.833 bits per heavy atom. The van der Waals surface area contributed by atoms with Gasteiger partial charge in [-0.2, -0.15) is 26.3 Å². The zero-order valence-corrected chi connectivity index (χ0v) is 8.65. The Labute approximate surface area is 97.8 Å². The van der Waals surface area contributed by atoms with Crippen LogP contribution in [-0.4, -0.2) is 0 Å². The molecule has 0 aliphatic heterocycles. The lowest BCUT2D eigenvalue weighted by Gasteiger charge is -2.17. The fourth-order valence-electron chi connectivity index (χ4n) is 1.74. The highest BCUT2D eigenvalue weighted by Gasteiger charge is 2.44. The van der Waals surface area contributed by atoms with Crippen molar-refractivity contribution in [1.82, 2.24) is 0 Å². The summed E-state index contributed by atoms with van der Waals surface area (Å²) in [5.74, 6) is 0. The lowest BCUT2D eigenvalue weighted by molar-refractivity contribution is -0.161. The third kappa shape index (κ3) is 2.14. The van der Waals surface area contributed by atoms with E-state index in [-0.39, 0.29) is 5.39 Å². The van der Waals surface area contributed by atoms with E-state index >= 15 is 0 Å². The van der Waals surface area contributed by atoms with Crippen molar-refractivity contribution in [2.45, 2.75) is 12.4 Å². The van der Waals surface area contributed by atoms with Crippen LogP contribution in [0, 0.1) is 6.07 Å². The molecule has 2 aromatic carbocycles. The van der Waals surface area contributed by atoms with Crippen molar-refractivity contribution in [3.05, 3.63) is 47.5 Å². The quantitative estimate of drug-likeness (QED) is 0.605. The van der Waals surface area contributed by atoms with E-state index in [1.54, 1.807) is 0 Å². The first-order valence-corrected chi connectivity index (χ1v) is 4.79. The summed E-state index contributed by atoms with van der Waals surface area (Å²) in [6.45, 7) is 0. The van der Waals surface area contributed by atoms with Crippen molar-refractivity contribution in [3.8, 4) is 0 Å². The van der Waals surface area contributed by atoms with Crippen molar-refractivity contribution < 1.29 is 26.3 Å². The second kappa shape index (κ2) is 3.90. The van der Waals surface area contributed by atoms with Gasteiger partial charge in [-0.05, 0) is 22.9 Å². The van der Waals surface area contributed by atoms with Crippen LogP contribution in [0.15, 0.2) is 30.3 Å². The predicted molar refractivity (Wildman–Crippen MR) is 52.8 cm³/mol. The molecule has 0 spiro atoms. The minimum Gasteiger partial charge on any atom is -0.166 e. The van der Waals surface area contributed by atoms with E-state index in [9.17, 15) is 26.3 Å². The summed E-state index contributed by atoms with van der Waals surface area (Å²) in [5, 5.41) is -0.502. The highest BCUT2D eigenvalue weighted by Crippen LogP contribution is 2.43. The molecule has 95 valence electrons. The van der Waals surface area contributed by atoms with Crippen LogP contribution < -0.4 is 0 Å². The maximum Gasteiger partial charge on any atom is 0.417 e. The summed E-state index contributed by atoms with van der Waals surface area (Å²) >= 11 is 0. The van der Waals surface area contributed by atoms with Gasteiger partial charge in [-0.3, -0.25) is 0 Å². The van der Waals surface area contributed by atoms with Gasteiger partial charge in [-0.1, -0.05) is 24.3 Å². The molecule has 0 aromatic heterocycles. The Kier molecular flexibility index (Phi) is 2.76. The van der Waals surface area contributed by atoms with Crippen molar-refractivity contribution in [2.75, 3.05) is 0 Å². The maximum absolute atomic E-state index is 12.8. The number of alkyl halides is 6. The van der Waals surface area contributed by atoms with Crippen molar-refractivity contribution in [2.24, 2.45) is 0 Å². The molecule has 2 rings (SSSR count). The number of fused-ring (bicyclic) bond motifs is 1. The van der Waals surface area contributed by atoms with E-state index in [0.29, 0.717) is 6.07 Å². The highest BCUT2D eigenvalue weighted by atomic mass is 19.4. The zero-order chi connectivity index (χ0) is 13.6. The van der Waals surface area contributed by atoms with Gasteiger partial charge in [0.2, 0.25) is 0 Å². The monoisotopic (exact) mass is 263 g/mol. The van der Waals surface area contributed by atoms with E-state index in [1.165, 1.54) is 12.1 Å². The molecule has 0 saturated carbocycles. The highest BCUT2D eigenvalue weighted by molar-refractivity contribution is 5.87. The van der Waals surface area contributed by atoms with Gasteiger partial charge in [-0.25, -0.2) is 0 Å². The van der Waals surface area contributed by atoms with Crippen molar-refractivity contribution >= 4 is 10.8 Å². The molecule has 0 aliphatic rings. The van der Waals surface area contributed by atoms with Gasteiger partial charge in [0.05, 0.1) is 11.1 Å². The molecule has 0 N–H and O–H groups in total. The Balaban J connectivity index is 2.89. The Hall–Kier alpha value is -1.72. The van der Waals surface area contributed by atoms with Crippen LogP contribution in [0.1, 0.15) is 11.1 Å². The van der Waals surface area contributed by atoms with Crippen LogP contribution in [0.3, 0.4) is 0 Å². The van der Waals surface area contributed by atoms with E-state index in [2.05, 4.69) is 6.07 Å². The molecule has 2 aromatic rings. The normalized spacial score (nSPS) is 13.0. The summed E-state index contributed by atoms with van der Waals surface area (Å²) in [7, 11) is 0. The Morgan fingerprint density at radius 2 is 1.50 bits per heavy atom. The topological polar surface area (TPSA) is 0 Å². The van der Waals surface area contributed by atoms with Gasteiger partial charge >= 0.3 is 12.4 Å². The first-order valence-electron chi connectivity index (χ1n) is 4.79. The molecule has 0 aliphatic carbocycles. The molecule has 0 heterocycles. The van der Waals surface area contributed by atoms with Crippen LogP contribution in [0.5, 0.6) is 0 Å². The van der Waals surface area contributed by atoms with Crippen LogP contribution in [-0.2, 0) is 12.4 Å². The van der Waals surface area contributed by atoms with E-state index in [4.69, 9.17) is 0 Å². The first-order chi connectivity index (χ1) is 8.21. The summed E-state index contributed by atoms with van der Waals surface area (Å²) in [6, 6.07) is 7.45. The SMILES string of the molecule is FC(F)(F)c1ccc2[c]cccc2c1C(F)(F)F. The van der Waals surface area contributed by atoms with E-state index < -0.39 is 28.9 Å². The minimum atomic E-state index is -5.07. The predicted octanol–water partition coefficient (Wildman–Crippen LogP) is 4.68. The van der Waals surface area contributed by atoms with E-state index in [1.807, 2.05) is 0 Å². The summed E-state index contributed by atoms with van der Waals surface area (Å²) in [4.78, 5) is 0. The first kappa shape index (κ1) is 12.7. The standard InChI is InChI=1S/C12H5F6/c13-11(14,15)9-6-5-7-3-1-2-4-8(7)10(9)12(16,17)18/h1-2,4-6H. The van der Waals surface area contributed by atoms with Gasteiger partial charge in [0.1, 0.15) is 0 Å². The lowest BCUT2D eigenvalue weighted by atomic mass is 9.98. The zero-order valence-electron chi connectivity index (χ0n) is 8.65. The number of hydrogen-bond acceptors (Lipinski definition) is 0. The van der Waals surface area contributed by atoms with Gasteiger partial charge in [0.15, 0.2) is 0 Å². The van der Waals surface area contributed by atoms with Crippen molar-refractivity contribution in [1.29, 1.82) is 0 Å². The van der Waals surface area contributed by atoms with Gasteiger partial charge < -0.3 is 0 Å². The van der Waals surface area contributed by atoms with E-state index in [0.717, 1.165) is 12.1 Å². The van der Waals surface area contributed by atoms with Gasteiger partial charge in [0.25, 0.3) is 0 Å². The Bertz CT molecular complexity index is 579. The number of rotatable bonds is 0. The number of benzene rings is 2. The summed E-state index contributed by atoms with van der Waals surface area (Å²) < 4.78 is 76.2. The average Bonchev–Trinajstić information content (AvgIpc) is 2.24. The summed E-state index contributed by atoms with van der Waals surface area (Å²) in [6.07, 6.45) is -10.1. The maximum atomic E-state index is 12.8. The lowest BCUT2D eigenvalue weighted by Crippen LogP contribution is -2.16. The molecule has 0 saturated heterocycles. The molecule has 0 atom stereocenters. The average molecular weight is 263 g/mol. The molecule has 6 heteroatoms. The fraction of sp³-hybridized carbons (Fsp3) is 0.167. The summed E-state index contributed by atoms with van der Waals surface area (Å²) in [5.41, 5.74) is -3.34. The fourth-order valence-corrected chi connectivity index (χ4v) is 1.74. The molecule has 0 unspecified atom stereocenters.